The maximum atomic E-state index is 11.3. The molecule has 0 bridgehead atoms. The molecule has 1 amide bonds. The van der Waals surface area contributed by atoms with Gasteiger partial charge >= 0.3 is 0 Å². The second-order valence-electron chi connectivity index (χ2n) is 4.88. The van der Waals surface area contributed by atoms with Crippen LogP contribution in [0.5, 0.6) is 5.75 Å². The topological polar surface area (TPSA) is 70.6 Å². The summed E-state index contributed by atoms with van der Waals surface area (Å²) in [5, 5.41) is 15.2. The van der Waals surface area contributed by atoms with Crippen LogP contribution in [-0.2, 0) is 17.9 Å². The zero-order valence-corrected chi connectivity index (χ0v) is 11.4. The lowest BCUT2D eigenvalue weighted by molar-refractivity contribution is -0.118. The Balaban J connectivity index is 1.70. The van der Waals surface area contributed by atoms with Crippen molar-refractivity contribution < 1.29 is 14.6 Å². The number of amides is 1. The third-order valence-electron chi connectivity index (χ3n) is 3.28. The van der Waals surface area contributed by atoms with E-state index >= 15 is 0 Å². The van der Waals surface area contributed by atoms with E-state index in [0.717, 1.165) is 16.8 Å². The van der Waals surface area contributed by atoms with Gasteiger partial charge in [-0.05, 0) is 35.4 Å². The van der Waals surface area contributed by atoms with Crippen LogP contribution in [0.1, 0.15) is 11.1 Å². The molecule has 0 spiro atoms. The number of carbonyl (C=O) groups excluding carboxylic acids is 1. The fraction of sp³-hybridized carbons (Fsp3) is 0.188. The SMILES string of the molecule is O=C1COc2ccc(CNc3cccc(CO)c3)cc2N1. The van der Waals surface area contributed by atoms with Gasteiger partial charge in [-0.15, -0.1) is 0 Å². The minimum absolute atomic E-state index is 0.0255. The first-order valence-corrected chi connectivity index (χ1v) is 6.74. The van der Waals surface area contributed by atoms with Crippen molar-refractivity contribution in [3.8, 4) is 5.75 Å². The number of anilines is 2. The second-order valence-corrected chi connectivity index (χ2v) is 4.88. The normalized spacial score (nSPS) is 13.1. The maximum absolute atomic E-state index is 11.3. The summed E-state index contributed by atoms with van der Waals surface area (Å²) in [6.45, 7) is 0.717. The molecule has 1 heterocycles. The van der Waals surface area contributed by atoms with Gasteiger partial charge in [0.2, 0.25) is 0 Å². The van der Waals surface area contributed by atoms with Gasteiger partial charge in [0.15, 0.2) is 6.61 Å². The van der Waals surface area contributed by atoms with Crippen LogP contribution in [0.25, 0.3) is 0 Å². The Bertz CT molecular complexity index is 670. The average Bonchev–Trinajstić information content (AvgIpc) is 2.52. The average molecular weight is 284 g/mol. The lowest BCUT2D eigenvalue weighted by Crippen LogP contribution is -2.25. The zero-order chi connectivity index (χ0) is 14.7. The van der Waals surface area contributed by atoms with Gasteiger partial charge in [0.05, 0.1) is 12.3 Å². The molecule has 0 aliphatic carbocycles. The zero-order valence-electron chi connectivity index (χ0n) is 11.4. The molecule has 5 heteroatoms. The number of rotatable bonds is 4. The molecular weight excluding hydrogens is 268 g/mol. The van der Waals surface area contributed by atoms with Gasteiger partial charge in [-0.25, -0.2) is 0 Å². The minimum atomic E-state index is -0.136. The van der Waals surface area contributed by atoms with E-state index < -0.39 is 0 Å². The molecule has 2 aromatic carbocycles. The van der Waals surface area contributed by atoms with Gasteiger partial charge in [-0.1, -0.05) is 18.2 Å². The molecule has 0 atom stereocenters. The lowest BCUT2D eigenvalue weighted by atomic mass is 10.1. The van der Waals surface area contributed by atoms with Crippen LogP contribution in [0, 0.1) is 0 Å². The van der Waals surface area contributed by atoms with E-state index in [1.807, 2.05) is 42.5 Å². The van der Waals surface area contributed by atoms with Crippen molar-refractivity contribution in [3.05, 3.63) is 53.6 Å². The van der Waals surface area contributed by atoms with Crippen molar-refractivity contribution in [2.75, 3.05) is 17.2 Å². The Hall–Kier alpha value is -2.53. The third kappa shape index (κ3) is 3.14. The molecule has 0 saturated carbocycles. The van der Waals surface area contributed by atoms with E-state index in [9.17, 15) is 4.79 Å². The summed E-state index contributed by atoms with van der Waals surface area (Å²) in [6, 6.07) is 13.3. The highest BCUT2D eigenvalue weighted by atomic mass is 16.5. The predicted molar refractivity (Wildman–Crippen MR) is 80.3 cm³/mol. The summed E-state index contributed by atoms with van der Waals surface area (Å²) in [7, 11) is 0. The number of benzene rings is 2. The van der Waals surface area contributed by atoms with Crippen molar-refractivity contribution in [3.63, 3.8) is 0 Å². The standard InChI is InChI=1S/C16H16N2O3/c19-9-12-2-1-3-13(6-12)17-8-11-4-5-15-14(7-11)18-16(20)10-21-15/h1-7,17,19H,8-10H2,(H,18,20). The summed E-state index contributed by atoms with van der Waals surface area (Å²) in [5.74, 6) is 0.559. The second kappa shape index (κ2) is 5.85. The quantitative estimate of drug-likeness (QED) is 0.804. The smallest absolute Gasteiger partial charge is 0.262 e. The van der Waals surface area contributed by atoms with E-state index in [-0.39, 0.29) is 19.1 Å². The fourth-order valence-electron chi connectivity index (χ4n) is 2.22. The van der Waals surface area contributed by atoms with Crippen molar-refractivity contribution in [2.45, 2.75) is 13.2 Å². The highest BCUT2D eigenvalue weighted by Crippen LogP contribution is 2.28. The van der Waals surface area contributed by atoms with E-state index in [1.165, 1.54) is 0 Å². The Kier molecular flexibility index (Phi) is 3.75. The molecule has 0 aromatic heterocycles. The monoisotopic (exact) mass is 284 g/mol. The molecule has 3 N–H and O–H groups in total. The summed E-state index contributed by atoms with van der Waals surface area (Å²) < 4.78 is 5.32. The number of aliphatic hydroxyl groups excluding tert-OH is 1. The van der Waals surface area contributed by atoms with Crippen LogP contribution < -0.4 is 15.4 Å². The third-order valence-corrected chi connectivity index (χ3v) is 3.28. The Morgan fingerprint density at radius 2 is 2.10 bits per heavy atom. The first kappa shape index (κ1) is 13.5. The molecule has 2 aromatic rings. The number of fused-ring (bicyclic) bond motifs is 1. The van der Waals surface area contributed by atoms with E-state index in [4.69, 9.17) is 9.84 Å². The van der Waals surface area contributed by atoms with Gasteiger partial charge in [0, 0.05) is 12.2 Å². The number of aliphatic hydroxyl groups is 1. The number of hydrogen-bond acceptors (Lipinski definition) is 4. The van der Waals surface area contributed by atoms with Gasteiger partial charge in [0.1, 0.15) is 5.75 Å². The first-order valence-electron chi connectivity index (χ1n) is 6.74. The summed E-state index contributed by atoms with van der Waals surface area (Å²) in [4.78, 5) is 11.3. The molecule has 0 unspecified atom stereocenters. The van der Waals surface area contributed by atoms with Crippen LogP contribution in [-0.4, -0.2) is 17.6 Å². The van der Waals surface area contributed by atoms with Crippen LogP contribution in [0.4, 0.5) is 11.4 Å². The molecule has 3 rings (SSSR count). The highest BCUT2D eigenvalue weighted by molar-refractivity contribution is 5.95. The van der Waals surface area contributed by atoms with Crippen molar-refractivity contribution >= 4 is 17.3 Å². The number of nitrogens with one attached hydrogen (secondary N) is 2. The molecule has 1 aliphatic rings. The van der Waals surface area contributed by atoms with Crippen molar-refractivity contribution in [1.82, 2.24) is 0 Å². The van der Waals surface area contributed by atoms with Crippen molar-refractivity contribution in [1.29, 1.82) is 0 Å². The van der Waals surface area contributed by atoms with E-state index in [2.05, 4.69) is 10.6 Å². The van der Waals surface area contributed by atoms with Crippen LogP contribution in [0.2, 0.25) is 0 Å². The Morgan fingerprint density at radius 1 is 1.19 bits per heavy atom. The van der Waals surface area contributed by atoms with Crippen molar-refractivity contribution in [2.24, 2.45) is 0 Å². The van der Waals surface area contributed by atoms with E-state index in [1.54, 1.807) is 0 Å². The Morgan fingerprint density at radius 3 is 2.95 bits per heavy atom. The Labute approximate surface area is 122 Å². The van der Waals surface area contributed by atoms with Gasteiger partial charge in [-0.2, -0.15) is 0 Å². The molecule has 0 radical (unpaired) electrons. The minimum Gasteiger partial charge on any atom is -0.482 e. The molecule has 5 nitrogen and oxygen atoms in total. The summed E-state index contributed by atoms with van der Waals surface area (Å²) in [6.07, 6.45) is 0. The highest BCUT2D eigenvalue weighted by Gasteiger charge is 2.15. The first-order chi connectivity index (χ1) is 10.2. The van der Waals surface area contributed by atoms with Crippen LogP contribution >= 0.6 is 0 Å². The van der Waals surface area contributed by atoms with Gasteiger partial charge < -0.3 is 20.5 Å². The maximum Gasteiger partial charge on any atom is 0.262 e. The van der Waals surface area contributed by atoms with Crippen LogP contribution in [0.3, 0.4) is 0 Å². The lowest BCUT2D eigenvalue weighted by Gasteiger charge is -2.18. The largest absolute Gasteiger partial charge is 0.482 e. The predicted octanol–water partition coefficient (Wildman–Crippen LogP) is 2.12. The van der Waals surface area contributed by atoms with Crippen LogP contribution in [0.15, 0.2) is 42.5 Å². The molecule has 21 heavy (non-hydrogen) atoms. The van der Waals surface area contributed by atoms with Gasteiger partial charge in [0.25, 0.3) is 5.91 Å². The fourth-order valence-corrected chi connectivity index (χ4v) is 2.22. The van der Waals surface area contributed by atoms with E-state index in [0.29, 0.717) is 18.0 Å². The molecule has 0 saturated heterocycles. The molecule has 1 aliphatic heterocycles. The summed E-state index contributed by atoms with van der Waals surface area (Å²) >= 11 is 0. The number of ether oxygens (including phenoxy) is 1. The number of carbonyl (C=O) groups is 1. The number of hydrogen-bond donors (Lipinski definition) is 3. The molecular formula is C16H16N2O3. The van der Waals surface area contributed by atoms with Gasteiger partial charge in [-0.3, -0.25) is 4.79 Å². The summed E-state index contributed by atoms with van der Waals surface area (Å²) in [5.41, 5.74) is 3.55. The molecule has 0 fully saturated rings. The molecule has 108 valence electrons.